The summed E-state index contributed by atoms with van der Waals surface area (Å²) in [6.45, 7) is 6.25. The molecule has 0 fully saturated rings. The summed E-state index contributed by atoms with van der Waals surface area (Å²) >= 11 is 0. The van der Waals surface area contributed by atoms with E-state index in [-0.39, 0.29) is 0 Å². The van der Waals surface area contributed by atoms with Gasteiger partial charge in [-0.25, -0.2) is 0 Å². The van der Waals surface area contributed by atoms with Crippen molar-refractivity contribution >= 4 is 10.8 Å². The van der Waals surface area contributed by atoms with E-state index in [9.17, 15) is 0 Å². The third kappa shape index (κ3) is 2.24. The number of aromatic nitrogens is 1. The molecule has 0 aliphatic heterocycles. The van der Waals surface area contributed by atoms with Crippen molar-refractivity contribution in [1.29, 1.82) is 0 Å². The Morgan fingerprint density at radius 3 is 2.32 bits per heavy atom. The number of fused-ring (bicyclic) bond motifs is 1. The van der Waals surface area contributed by atoms with Crippen LogP contribution in [0.5, 0.6) is 0 Å². The van der Waals surface area contributed by atoms with E-state index in [4.69, 9.17) is 1.37 Å². The minimum Gasteiger partial charge on any atom is -0.256 e. The Hall–Kier alpha value is -2.15. The molecular weight excluding hydrogens is 230 g/mol. The summed E-state index contributed by atoms with van der Waals surface area (Å²) in [5, 5.41) is 2.19. The van der Waals surface area contributed by atoms with Gasteiger partial charge in [-0.3, -0.25) is 4.98 Å². The minimum atomic E-state index is 0.317. The normalized spacial score (nSPS) is 11.6. The van der Waals surface area contributed by atoms with Crippen molar-refractivity contribution in [1.82, 2.24) is 4.98 Å². The molecule has 0 spiro atoms. The summed E-state index contributed by atoms with van der Waals surface area (Å²) in [5.41, 5.74) is 5.63. The van der Waals surface area contributed by atoms with Crippen LogP contribution >= 0.6 is 0 Å². The quantitative estimate of drug-likeness (QED) is 0.601. The van der Waals surface area contributed by atoms with E-state index in [2.05, 4.69) is 62.2 Å². The molecule has 0 saturated heterocycles. The summed E-state index contributed by atoms with van der Waals surface area (Å²) < 4.78 is 7.93. The summed E-state index contributed by atoms with van der Waals surface area (Å²) in [7, 11) is 0. The van der Waals surface area contributed by atoms with Crippen LogP contribution in [0.1, 0.15) is 18.1 Å². The van der Waals surface area contributed by atoms with Crippen molar-refractivity contribution in [2.24, 2.45) is 0 Å². The van der Waals surface area contributed by atoms with Gasteiger partial charge in [0.2, 0.25) is 0 Å². The van der Waals surface area contributed by atoms with Crippen LogP contribution in [0.2, 0.25) is 0 Å². The molecule has 0 atom stereocenters. The Labute approximate surface area is 115 Å². The van der Waals surface area contributed by atoms with Gasteiger partial charge in [0.25, 0.3) is 0 Å². The zero-order valence-corrected chi connectivity index (χ0v) is 11.5. The maximum absolute atomic E-state index is 7.93. The fourth-order valence-corrected chi connectivity index (χ4v) is 2.58. The van der Waals surface area contributed by atoms with E-state index in [0.717, 1.165) is 22.0 Å². The van der Waals surface area contributed by atoms with E-state index in [0.29, 0.717) is 6.17 Å². The van der Waals surface area contributed by atoms with E-state index in [1.54, 1.807) is 0 Å². The van der Waals surface area contributed by atoms with Crippen molar-refractivity contribution < 1.29 is 1.37 Å². The molecule has 0 bridgehead atoms. The molecule has 1 nitrogen and oxygen atoms in total. The molecule has 3 aromatic rings. The summed E-state index contributed by atoms with van der Waals surface area (Å²) in [6.07, 6.45) is 0.317. The standard InChI is InChI=1S/C18H17N/c1-12-4-5-17-15(9-12)6-7-19-18(17)16-10-13(2)8-14(3)11-16/h4-11H,1-3H3/i7D. The van der Waals surface area contributed by atoms with Gasteiger partial charge in [0.05, 0.1) is 7.06 Å². The molecule has 1 heterocycles. The lowest BCUT2D eigenvalue weighted by atomic mass is 9.99. The Morgan fingerprint density at radius 1 is 0.842 bits per heavy atom. The Morgan fingerprint density at radius 2 is 1.58 bits per heavy atom. The molecule has 0 aliphatic rings. The number of nitrogens with zero attached hydrogens (tertiary/aromatic N) is 1. The minimum absolute atomic E-state index is 0.317. The molecule has 19 heavy (non-hydrogen) atoms. The SMILES string of the molecule is [2H]c1cc2cc(C)ccc2c(-c2cc(C)cc(C)c2)n1. The topological polar surface area (TPSA) is 12.9 Å². The lowest BCUT2D eigenvalue weighted by molar-refractivity contribution is 1.32. The number of hydrogen-bond acceptors (Lipinski definition) is 1. The zero-order valence-electron chi connectivity index (χ0n) is 12.5. The maximum atomic E-state index is 7.93. The van der Waals surface area contributed by atoms with Gasteiger partial charge in [-0.1, -0.05) is 41.0 Å². The Bertz CT molecular complexity index is 780. The van der Waals surface area contributed by atoms with E-state index < -0.39 is 0 Å². The second-order valence-electron chi connectivity index (χ2n) is 5.20. The molecule has 0 saturated carbocycles. The maximum Gasteiger partial charge on any atom is 0.0840 e. The highest BCUT2D eigenvalue weighted by Gasteiger charge is 2.06. The highest BCUT2D eigenvalue weighted by Crippen LogP contribution is 2.28. The van der Waals surface area contributed by atoms with Crippen molar-refractivity contribution in [3.63, 3.8) is 0 Å². The monoisotopic (exact) mass is 248 g/mol. The van der Waals surface area contributed by atoms with Crippen molar-refractivity contribution in [2.45, 2.75) is 20.8 Å². The first-order valence-corrected chi connectivity index (χ1v) is 6.49. The smallest absolute Gasteiger partial charge is 0.0840 e. The fraction of sp³-hybridized carbons (Fsp3) is 0.167. The Balaban J connectivity index is 2.35. The van der Waals surface area contributed by atoms with Gasteiger partial charge in [0.1, 0.15) is 0 Å². The largest absolute Gasteiger partial charge is 0.256 e. The molecule has 0 aliphatic carbocycles. The number of benzene rings is 2. The molecule has 1 heteroatoms. The first kappa shape index (κ1) is 10.7. The highest BCUT2D eigenvalue weighted by molar-refractivity contribution is 5.94. The molecule has 94 valence electrons. The van der Waals surface area contributed by atoms with Crippen LogP contribution in [0.15, 0.2) is 48.6 Å². The second kappa shape index (κ2) is 4.51. The van der Waals surface area contributed by atoms with Crippen LogP contribution in [0, 0.1) is 20.8 Å². The van der Waals surface area contributed by atoms with E-state index >= 15 is 0 Å². The fourth-order valence-electron chi connectivity index (χ4n) is 2.58. The number of aryl methyl sites for hydroxylation is 3. The van der Waals surface area contributed by atoms with Gasteiger partial charge in [-0.05, 0) is 44.4 Å². The van der Waals surface area contributed by atoms with E-state index in [1.807, 2.05) is 6.07 Å². The third-order valence-electron chi connectivity index (χ3n) is 3.35. The second-order valence-corrected chi connectivity index (χ2v) is 5.20. The zero-order chi connectivity index (χ0) is 14.3. The van der Waals surface area contributed by atoms with Crippen molar-refractivity contribution in [2.75, 3.05) is 0 Å². The molecule has 0 N–H and O–H groups in total. The van der Waals surface area contributed by atoms with Crippen LogP contribution in [0.25, 0.3) is 22.0 Å². The van der Waals surface area contributed by atoms with Crippen LogP contribution in [0.4, 0.5) is 0 Å². The van der Waals surface area contributed by atoms with Gasteiger partial charge >= 0.3 is 0 Å². The predicted molar refractivity (Wildman–Crippen MR) is 81.4 cm³/mol. The Kier molecular flexibility index (Phi) is 2.55. The molecule has 2 aromatic carbocycles. The van der Waals surface area contributed by atoms with Crippen LogP contribution in [-0.4, -0.2) is 4.98 Å². The predicted octanol–water partition coefficient (Wildman–Crippen LogP) is 4.83. The summed E-state index contributed by atoms with van der Waals surface area (Å²) in [5.74, 6) is 0. The molecule has 3 rings (SSSR count). The number of hydrogen-bond donors (Lipinski definition) is 0. The molecule has 0 amide bonds. The first-order chi connectivity index (χ1) is 9.52. The number of pyridine rings is 1. The van der Waals surface area contributed by atoms with Gasteiger partial charge in [-0.2, -0.15) is 0 Å². The first-order valence-electron chi connectivity index (χ1n) is 6.99. The summed E-state index contributed by atoms with van der Waals surface area (Å²) in [6, 6.07) is 14.6. The molecular formula is C18H17N. The van der Waals surface area contributed by atoms with Gasteiger partial charge in [0.15, 0.2) is 0 Å². The average Bonchev–Trinajstić information content (AvgIpc) is 2.36. The molecule has 0 radical (unpaired) electrons. The van der Waals surface area contributed by atoms with Crippen LogP contribution in [0.3, 0.4) is 0 Å². The lowest BCUT2D eigenvalue weighted by Crippen LogP contribution is -1.88. The van der Waals surface area contributed by atoms with E-state index in [1.165, 1.54) is 16.7 Å². The lowest BCUT2D eigenvalue weighted by Gasteiger charge is -2.08. The average molecular weight is 248 g/mol. The van der Waals surface area contributed by atoms with Crippen molar-refractivity contribution in [3.8, 4) is 11.3 Å². The molecule has 0 unspecified atom stereocenters. The number of rotatable bonds is 1. The van der Waals surface area contributed by atoms with Crippen LogP contribution in [-0.2, 0) is 0 Å². The van der Waals surface area contributed by atoms with Gasteiger partial charge in [0, 0.05) is 17.1 Å². The third-order valence-corrected chi connectivity index (χ3v) is 3.35. The summed E-state index contributed by atoms with van der Waals surface area (Å²) in [4.78, 5) is 4.45. The highest BCUT2D eigenvalue weighted by atomic mass is 14.7. The van der Waals surface area contributed by atoms with Gasteiger partial charge in [-0.15, -0.1) is 0 Å². The van der Waals surface area contributed by atoms with Gasteiger partial charge < -0.3 is 0 Å². The van der Waals surface area contributed by atoms with Crippen molar-refractivity contribution in [3.05, 3.63) is 65.3 Å². The molecule has 1 aromatic heterocycles. The van der Waals surface area contributed by atoms with Crippen LogP contribution < -0.4 is 0 Å².